The number of anilines is 1. The van der Waals surface area contributed by atoms with Crippen molar-refractivity contribution in [1.82, 2.24) is 5.32 Å². The number of nitrogens with one attached hydrogen (secondary N) is 2. The van der Waals surface area contributed by atoms with Crippen LogP contribution in [0.25, 0.3) is 0 Å². The summed E-state index contributed by atoms with van der Waals surface area (Å²) < 4.78 is 25.0. The molecule has 1 aromatic carbocycles. The van der Waals surface area contributed by atoms with Crippen LogP contribution >= 0.6 is 0 Å². The number of carbonyl (C=O) groups excluding carboxylic acids is 1. The van der Waals surface area contributed by atoms with E-state index in [0.29, 0.717) is 12.1 Å². The molecule has 1 rings (SSSR count). The van der Waals surface area contributed by atoms with Crippen molar-refractivity contribution in [3.8, 4) is 0 Å². The minimum atomic E-state index is -3.33. The fourth-order valence-electron chi connectivity index (χ4n) is 1.59. The quantitative estimate of drug-likeness (QED) is 0.854. The van der Waals surface area contributed by atoms with E-state index in [0.717, 1.165) is 11.8 Å². The summed E-state index contributed by atoms with van der Waals surface area (Å²) >= 11 is 0. The minimum absolute atomic E-state index is 0.0725. The Bertz CT molecular complexity index is 526. The van der Waals surface area contributed by atoms with Gasteiger partial charge in [0.1, 0.15) is 0 Å². The van der Waals surface area contributed by atoms with Crippen LogP contribution in [0.2, 0.25) is 0 Å². The van der Waals surface area contributed by atoms with Gasteiger partial charge in [0.05, 0.1) is 18.0 Å². The van der Waals surface area contributed by atoms with Crippen LogP contribution in [0.5, 0.6) is 0 Å². The number of hydrogen-bond donors (Lipinski definition) is 2. The van der Waals surface area contributed by atoms with Gasteiger partial charge < -0.3 is 5.32 Å². The zero-order valence-corrected chi connectivity index (χ0v) is 11.5. The molecule has 1 amide bonds. The van der Waals surface area contributed by atoms with Crippen LogP contribution in [-0.2, 0) is 14.8 Å². The molecule has 100 valence electrons. The highest BCUT2D eigenvalue weighted by Gasteiger charge is 2.14. The predicted molar refractivity (Wildman–Crippen MR) is 71.8 cm³/mol. The lowest BCUT2D eigenvalue weighted by Crippen LogP contribution is -2.26. The summed E-state index contributed by atoms with van der Waals surface area (Å²) in [5.41, 5.74) is 1.23. The molecule has 2 N–H and O–H groups in total. The molecule has 0 fully saturated rings. The highest BCUT2D eigenvalue weighted by Crippen LogP contribution is 2.23. The van der Waals surface area contributed by atoms with Gasteiger partial charge in [-0.15, -0.1) is 0 Å². The van der Waals surface area contributed by atoms with Crippen LogP contribution < -0.4 is 10.0 Å². The molecule has 0 radical (unpaired) electrons. The van der Waals surface area contributed by atoms with Gasteiger partial charge in [0, 0.05) is 6.42 Å². The highest BCUT2D eigenvalue weighted by molar-refractivity contribution is 7.92. The Labute approximate surface area is 108 Å². The minimum Gasteiger partial charge on any atom is -0.350 e. The molecule has 0 saturated heterocycles. The first-order valence-corrected chi connectivity index (χ1v) is 7.58. The molecule has 0 heterocycles. The molecular formula is C12H18N2O3S. The molecule has 1 aromatic rings. The molecule has 0 bridgehead atoms. The monoisotopic (exact) mass is 270 g/mol. The Kier molecular flexibility index (Phi) is 4.72. The van der Waals surface area contributed by atoms with Gasteiger partial charge in [-0.05, 0) is 18.6 Å². The maximum atomic E-state index is 11.3. The number of sulfonamides is 1. The molecule has 0 aromatic heterocycles. The highest BCUT2D eigenvalue weighted by atomic mass is 32.2. The number of para-hydroxylation sites is 1. The summed E-state index contributed by atoms with van der Waals surface area (Å²) in [4.78, 5) is 11.3. The van der Waals surface area contributed by atoms with Crippen molar-refractivity contribution < 1.29 is 13.2 Å². The first-order chi connectivity index (χ1) is 8.33. The van der Waals surface area contributed by atoms with Crippen molar-refractivity contribution in [3.63, 3.8) is 0 Å². The van der Waals surface area contributed by atoms with Gasteiger partial charge in [0.2, 0.25) is 15.9 Å². The average Bonchev–Trinajstić information content (AvgIpc) is 2.27. The van der Waals surface area contributed by atoms with Crippen LogP contribution in [-0.4, -0.2) is 20.6 Å². The summed E-state index contributed by atoms with van der Waals surface area (Å²) in [6, 6.07) is 6.75. The topological polar surface area (TPSA) is 75.3 Å². The van der Waals surface area contributed by atoms with Gasteiger partial charge in [-0.3, -0.25) is 9.52 Å². The fraction of sp³-hybridized carbons (Fsp3) is 0.417. The van der Waals surface area contributed by atoms with E-state index in [4.69, 9.17) is 0 Å². The first-order valence-electron chi connectivity index (χ1n) is 5.69. The van der Waals surface area contributed by atoms with Crippen LogP contribution in [0.4, 0.5) is 5.69 Å². The molecule has 5 nitrogen and oxygen atoms in total. The van der Waals surface area contributed by atoms with E-state index in [-0.39, 0.29) is 11.9 Å². The molecular weight excluding hydrogens is 252 g/mol. The van der Waals surface area contributed by atoms with Gasteiger partial charge >= 0.3 is 0 Å². The maximum Gasteiger partial charge on any atom is 0.229 e. The van der Waals surface area contributed by atoms with Gasteiger partial charge in [0.15, 0.2) is 0 Å². The molecule has 1 atom stereocenters. The Morgan fingerprint density at radius 3 is 2.50 bits per heavy atom. The van der Waals surface area contributed by atoms with E-state index in [9.17, 15) is 13.2 Å². The number of hydrogen-bond acceptors (Lipinski definition) is 3. The molecule has 0 spiro atoms. The molecule has 0 unspecified atom stereocenters. The average molecular weight is 270 g/mol. The standard InChI is InChI=1S/C12H18N2O3S/c1-4-12(15)13-9(2)10-7-5-6-8-11(10)14-18(3,16)17/h5-9,14H,4H2,1-3H3,(H,13,15)/t9-/m0/s1. The van der Waals surface area contributed by atoms with E-state index < -0.39 is 10.0 Å². The van der Waals surface area contributed by atoms with Crippen molar-refractivity contribution in [1.29, 1.82) is 0 Å². The second-order valence-electron chi connectivity index (χ2n) is 4.10. The lowest BCUT2D eigenvalue weighted by Gasteiger charge is -2.18. The van der Waals surface area contributed by atoms with Crippen LogP contribution in [0.15, 0.2) is 24.3 Å². The van der Waals surface area contributed by atoms with Crippen molar-refractivity contribution in [2.45, 2.75) is 26.3 Å². The Hall–Kier alpha value is -1.56. The van der Waals surface area contributed by atoms with Crippen molar-refractivity contribution in [3.05, 3.63) is 29.8 Å². The molecule has 0 aliphatic rings. The van der Waals surface area contributed by atoms with Crippen molar-refractivity contribution in [2.24, 2.45) is 0 Å². The van der Waals surface area contributed by atoms with Crippen molar-refractivity contribution >= 4 is 21.6 Å². The Morgan fingerprint density at radius 1 is 1.33 bits per heavy atom. The molecule has 6 heteroatoms. The van der Waals surface area contributed by atoms with Gasteiger partial charge in [0.25, 0.3) is 0 Å². The maximum absolute atomic E-state index is 11.3. The van der Waals surface area contributed by atoms with Crippen molar-refractivity contribution in [2.75, 3.05) is 11.0 Å². The van der Waals surface area contributed by atoms with Gasteiger partial charge in [-0.25, -0.2) is 8.42 Å². The smallest absolute Gasteiger partial charge is 0.229 e. The summed E-state index contributed by atoms with van der Waals surface area (Å²) in [5, 5.41) is 2.80. The van der Waals surface area contributed by atoms with E-state index >= 15 is 0 Å². The van der Waals surface area contributed by atoms with E-state index in [1.54, 1.807) is 31.2 Å². The zero-order valence-electron chi connectivity index (χ0n) is 10.7. The number of rotatable bonds is 5. The van der Waals surface area contributed by atoms with Gasteiger partial charge in [-0.1, -0.05) is 25.1 Å². The fourth-order valence-corrected chi connectivity index (χ4v) is 2.17. The molecule has 0 aliphatic heterocycles. The van der Waals surface area contributed by atoms with E-state index in [2.05, 4.69) is 10.0 Å². The summed E-state index contributed by atoms with van der Waals surface area (Å²) in [7, 11) is -3.33. The lowest BCUT2D eigenvalue weighted by atomic mass is 10.1. The molecule has 0 saturated carbocycles. The zero-order chi connectivity index (χ0) is 13.8. The third kappa shape index (κ3) is 4.37. The molecule has 0 aliphatic carbocycles. The lowest BCUT2D eigenvalue weighted by molar-refractivity contribution is -0.121. The third-order valence-corrected chi connectivity index (χ3v) is 3.01. The largest absolute Gasteiger partial charge is 0.350 e. The summed E-state index contributed by atoms with van der Waals surface area (Å²) in [5.74, 6) is -0.0725. The molecule has 18 heavy (non-hydrogen) atoms. The van der Waals surface area contributed by atoms with E-state index in [1.807, 2.05) is 6.92 Å². The number of carbonyl (C=O) groups is 1. The van der Waals surface area contributed by atoms with Crippen LogP contribution in [0.3, 0.4) is 0 Å². The van der Waals surface area contributed by atoms with Crippen LogP contribution in [0.1, 0.15) is 31.9 Å². The summed E-state index contributed by atoms with van der Waals surface area (Å²) in [6.07, 6.45) is 1.49. The second kappa shape index (κ2) is 5.86. The number of benzene rings is 1. The van der Waals surface area contributed by atoms with E-state index in [1.165, 1.54) is 0 Å². The second-order valence-corrected chi connectivity index (χ2v) is 5.85. The third-order valence-electron chi connectivity index (χ3n) is 2.42. The SMILES string of the molecule is CCC(=O)N[C@@H](C)c1ccccc1NS(C)(=O)=O. The van der Waals surface area contributed by atoms with Crippen LogP contribution in [0, 0.1) is 0 Å². The van der Waals surface area contributed by atoms with Gasteiger partial charge in [-0.2, -0.15) is 0 Å². The normalized spacial score (nSPS) is 12.8. The number of amides is 1. The Morgan fingerprint density at radius 2 is 1.94 bits per heavy atom. The Balaban J connectivity index is 2.98. The first kappa shape index (κ1) is 14.5. The summed E-state index contributed by atoms with van der Waals surface area (Å²) in [6.45, 7) is 3.58. The predicted octanol–water partition coefficient (Wildman–Crippen LogP) is 1.65.